The van der Waals surface area contributed by atoms with Crippen LogP contribution in [0.4, 0.5) is 0 Å². The zero-order chi connectivity index (χ0) is 12.1. The summed E-state index contributed by atoms with van der Waals surface area (Å²) in [6, 6.07) is 16.2. The Morgan fingerprint density at radius 2 is 1.58 bits per heavy atom. The smallest absolute Gasteiger partial charge is 0.139 e. The number of aromatic amines is 1. The van der Waals surface area contributed by atoms with E-state index in [1.165, 1.54) is 0 Å². The molecule has 0 aliphatic heterocycles. The quantitative estimate of drug-likeness (QED) is 0.439. The van der Waals surface area contributed by atoms with Gasteiger partial charge in [-0.3, -0.25) is 0 Å². The van der Waals surface area contributed by atoms with Gasteiger partial charge in [0.15, 0.2) is 0 Å². The molecule has 0 radical (unpaired) electrons. The molecule has 0 bridgehead atoms. The third-order valence-electron chi connectivity index (χ3n) is 3.30. The number of halogens is 1. The first-order valence-corrected chi connectivity index (χ1v) is 6.17. The van der Waals surface area contributed by atoms with E-state index in [-0.39, 0.29) is 7.43 Å². The number of hydrogen-bond donors (Lipinski definition) is 1. The van der Waals surface area contributed by atoms with E-state index in [2.05, 4.69) is 28.2 Å². The molecule has 19 heavy (non-hydrogen) atoms. The van der Waals surface area contributed by atoms with Crippen LogP contribution >= 0.6 is 11.6 Å². The van der Waals surface area contributed by atoms with Gasteiger partial charge in [0.05, 0.1) is 11.0 Å². The number of aromatic nitrogens is 2. The molecule has 0 aliphatic carbocycles. The van der Waals surface area contributed by atoms with Gasteiger partial charge in [-0.2, -0.15) is 0 Å². The minimum atomic E-state index is 0. The third kappa shape index (κ3) is 1.60. The summed E-state index contributed by atoms with van der Waals surface area (Å²) in [6.45, 7) is 0. The van der Waals surface area contributed by atoms with Gasteiger partial charge in [0.1, 0.15) is 5.15 Å². The Morgan fingerprint density at radius 3 is 2.42 bits per heavy atom. The van der Waals surface area contributed by atoms with E-state index in [0.29, 0.717) is 5.15 Å². The van der Waals surface area contributed by atoms with Gasteiger partial charge in [-0.25, -0.2) is 4.98 Å². The summed E-state index contributed by atoms with van der Waals surface area (Å²) in [6.07, 6.45) is 0. The van der Waals surface area contributed by atoms with Crippen molar-refractivity contribution in [2.45, 2.75) is 7.43 Å². The Bertz CT molecular complexity index is 893. The van der Waals surface area contributed by atoms with E-state index in [1.807, 2.05) is 30.3 Å². The van der Waals surface area contributed by atoms with Crippen LogP contribution in [0.2, 0.25) is 5.15 Å². The molecular weight excluding hydrogens is 256 g/mol. The monoisotopic (exact) mass is 268 g/mol. The van der Waals surface area contributed by atoms with Gasteiger partial charge in [0, 0.05) is 21.7 Å². The molecule has 94 valence electrons. The van der Waals surface area contributed by atoms with E-state index in [1.54, 1.807) is 0 Å². The van der Waals surface area contributed by atoms with Crippen LogP contribution < -0.4 is 0 Å². The minimum absolute atomic E-state index is 0. The second-order valence-corrected chi connectivity index (χ2v) is 4.70. The lowest BCUT2D eigenvalue weighted by Gasteiger charge is -2.00. The number of nitrogens with zero attached hydrogens (tertiary/aromatic N) is 1. The summed E-state index contributed by atoms with van der Waals surface area (Å²) in [5, 5.41) is 3.79. The largest absolute Gasteiger partial charge is 0.354 e. The van der Waals surface area contributed by atoms with Crippen LogP contribution in [0, 0.1) is 0 Å². The van der Waals surface area contributed by atoms with Gasteiger partial charge in [-0.1, -0.05) is 55.4 Å². The fourth-order valence-corrected chi connectivity index (χ4v) is 2.79. The molecule has 1 N–H and O–H groups in total. The number of para-hydroxylation sites is 2. The molecule has 0 fully saturated rings. The van der Waals surface area contributed by atoms with Crippen molar-refractivity contribution in [3.05, 3.63) is 53.7 Å². The maximum Gasteiger partial charge on any atom is 0.139 e. The lowest BCUT2D eigenvalue weighted by atomic mass is 10.1. The molecule has 4 rings (SSSR count). The van der Waals surface area contributed by atoms with Crippen LogP contribution in [0.3, 0.4) is 0 Å². The number of benzene rings is 2. The molecule has 0 aliphatic rings. The van der Waals surface area contributed by atoms with Crippen molar-refractivity contribution in [3.63, 3.8) is 0 Å². The Morgan fingerprint density at radius 1 is 0.895 bits per heavy atom. The third-order valence-corrected chi connectivity index (χ3v) is 3.58. The summed E-state index contributed by atoms with van der Waals surface area (Å²) in [5.41, 5.74) is 3.07. The predicted octanol–water partition coefficient (Wildman–Crippen LogP) is 5.16. The van der Waals surface area contributed by atoms with Gasteiger partial charge in [0.2, 0.25) is 0 Å². The molecule has 0 atom stereocenters. The van der Waals surface area contributed by atoms with Crippen molar-refractivity contribution in [1.29, 1.82) is 0 Å². The van der Waals surface area contributed by atoms with E-state index < -0.39 is 0 Å². The van der Waals surface area contributed by atoms with Crippen molar-refractivity contribution in [2.75, 3.05) is 0 Å². The highest BCUT2D eigenvalue weighted by Crippen LogP contribution is 2.34. The standard InChI is InChI=1S/C15H9ClN2.CH4/c16-15-13-9-5-1-3-7-11(9)17-14(13)10-6-2-4-8-12(10)18-15;/h1-8,17H;1H4. The Kier molecular flexibility index (Phi) is 2.68. The molecule has 2 nitrogen and oxygen atoms in total. The molecule has 4 aromatic rings. The highest BCUT2D eigenvalue weighted by molar-refractivity contribution is 6.38. The summed E-state index contributed by atoms with van der Waals surface area (Å²) in [4.78, 5) is 7.91. The van der Waals surface area contributed by atoms with E-state index in [4.69, 9.17) is 11.6 Å². The van der Waals surface area contributed by atoms with Crippen LogP contribution in [-0.4, -0.2) is 9.97 Å². The zero-order valence-corrected chi connectivity index (χ0v) is 10.2. The average molecular weight is 269 g/mol. The van der Waals surface area contributed by atoms with Gasteiger partial charge < -0.3 is 4.98 Å². The SMILES string of the molecule is C.Clc1nc2ccccc2c2[nH]c3ccccc3c12. The van der Waals surface area contributed by atoms with Gasteiger partial charge >= 0.3 is 0 Å². The van der Waals surface area contributed by atoms with Crippen molar-refractivity contribution < 1.29 is 0 Å². The van der Waals surface area contributed by atoms with Crippen molar-refractivity contribution in [2.24, 2.45) is 0 Å². The average Bonchev–Trinajstić information content (AvgIpc) is 2.79. The number of rotatable bonds is 0. The van der Waals surface area contributed by atoms with Gasteiger partial charge in [0.25, 0.3) is 0 Å². The van der Waals surface area contributed by atoms with Crippen LogP contribution in [0.5, 0.6) is 0 Å². The van der Waals surface area contributed by atoms with Crippen molar-refractivity contribution in [3.8, 4) is 0 Å². The molecule has 2 heterocycles. The first-order valence-electron chi connectivity index (χ1n) is 5.79. The van der Waals surface area contributed by atoms with E-state index in [9.17, 15) is 0 Å². The number of pyridine rings is 1. The lowest BCUT2D eigenvalue weighted by Crippen LogP contribution is -1.82. The van der Waals surface area contributed by atoms with Crippen LogP contribution in [0.15, 0.2) is 48.5 Å². The van der Waals surface area contributed by atoms with E-state index in [0.717, 1.165) is 32.7 Å². The molecule has 0 unspecified atom stereocenters. The van der Waals surface area contributed by atoms with Crippen LogP contribution in [0.25, 0.3) is 32.7 Å². The number of hydrogen-bond acceptors (Lipinski definition) is 1. The van der Waals surface area contributed by atoms with Crippen molar-refractivity contribution >= 4 is 44.3 Å². The maximum atomic E-state index is 6.33. The molecule has 2 aromatic heterocycles. The maximum absolute atomic E-state index is 6.33. The molecular formula is C16H13ClN2. The molecule has 0 amide bonds. The first-order chi connectivity index (χ1) is 8.84. The molecule has 2 aromatic carbocycles. The topological polar surface area (TPSA) is 28.7 Å². The fourth-order valence-electron chi connectivity index (χ4n) is 2.50. The number of nitrogens with one attached hydrogen (secondary N) is 1. The minimum Gasteiger partial charge on any atom is -0.354 e. The molecule has 0 spiro atoms. The summed E-state index contributed by atoms with van der Waals surface area (Å²) < 4.78 is 0. The highest BCUT2D eigenvalue weighted by atomic mass is 35.5. The zero-order valence-electron chi connectivity index (χ0n) is 9.44. The predicted molar refractivity (Wildman–Crippen MR) is 82.8 cm³/mol. The normalized spacial score (nSPS) is 11.0. The molecule has 0 saturated heterocycles. The first kappa shape index (κ1) is 12.0. The Labute approximate surface area is 116 Å². The van der Waals surface area contributed by atoms with Crippen LogP contribution in [-0.2, 0) is 0 Å². The van der Waals surface area contributed by atoms with Gasteiger partial charge in [-0.05, 0) is 12.1 Å². The molecule has 0 saturated carbocycles. The number of fused-ring (bicyclic) bond motifs is 5. The second-order valence-electron chi connectivity index (χ2n) is 4.34. The summed E-state index contributed by atoms with van der Waals surface area (Å²) in [7, 11) is 0. The Balaban J connectivity index is 0.00000110. The van der Waals surface area contributed by atoms with Crippen LogP contribution in [0.1, 0.15) is 7.43 Å². The summed E-state index contributed by atoms with van der Waals surface area (Å²) in [5.74, 6) is 0. The fraction of sp³-hybridized carbons (Fsp3) is 0.0625. The number of H-pyrrole nitrogens is 1. The lowest BCUT2D eigenvalue weighted by molar-refractivity contribution is 1.44. The second kappa shape index (κ2) is 4.25. The summed E-state index contributed by atoms with van der Waals surface area (Å²) >= 11 is 6.33. The van der Waals surface area contributed by atoms with E-state index >= 15 is 0 Å². The van der Waals surface area contributed by atoms with Gasteiger partial charge in [-0.15, -0.1) is 0 Å². The Hall–Kier alpha value is -2.06. The van der Waals surface area contributed by atoms with Crippen molar-refractivity contribution in [1.82, 2.24) is 9.97 Å². The molecule has 3 heteroatoms. The highest BCUT2D eigenvalue weighted by Gasteiger charge is 2.11.